The number of rotatable bonds is 2. The van der Waals surface area contributed by atoms with Gasteiger partial charge in [0.1, 0.15) is 17.7 Å². The molecule has 3 heterocycles. The number of aliphatic hydroxyl groups is 2. The molecular weight excluding hydrogens is 240 g/mol. The zero-order chi connectivity index (χ0) is 12.7. The summed E-state index contributed by atoms with van der Waals surface area (Å²) in [7, 11) is 0. The van der Waals surface area contributed by atoms with Crippen LogP contribution in [0.15, 0.2) is 11.1 Å². The second-order valence-electron chi connectivity index (χ2n) is 4.21. The molecule has 3 rings (SSSR count). The first kappa shape index (κ1) is 11.3. The van der Waals surface area contributed by atoms with Crippen LogP contribution in [-0.2, 0) is 4.74 Å². The molecule has 0 bridgehead atoms. The van der Waals surface area contributed by atoms with E-state index < -0.39 is 18.3 Å². The molecule has 4 N–H and O–H groups in total. The topological polar surface area (TPSA) is 124 Å². The Morgan fingerprint density at radius 2 is 2.33 bits per heavy atom. The van der Waals surface area contributed by atoms with Crippen LogP contribution in [0.25, 0.3) is 11.0 Å². The van der Waals surface area contributed by atoms with Gasteiger partial charge in [0, 0.05) is 6.42 Å². The molecule has 96 valence electrons. The lowest BCUT2D eigenvalue weighted by molar-refractivity contribution is -0.0232. The second-order valence-corrected chi connectivity index (χ2v) is 4.21. The molecule has 3 atom stereocenters. The van der Waals surface area contributed by atoms with E-state index in [1.165, 1.54) is 6.33 Å². The number of aromatic nitrogens is 4. The number of ether oxygens (including phenoxy) is 1. The molecule has 0 saturated carbocycles. The van der Waals surface area contributed by atoms with Gasteiger partial charge in [-0.25, -0.2) is 4.98 Å². The van der Waals surface area contributed by atoms with Gasteiger partial charge in [-0.2, -0.15) is 5.10 Å². The fourth-order valence-corrected chi connectivity index (χ4v) is 2.17. The predicted molar refractivity (Wildman–Crippen MR) is 59.8 cm³/mol. The van der Waals surface area contributed by atoms with Crippen molar-refractivity contribution in [3.05, 3.63) is 22.4 Å². The van der Waals surface area contributed by atoms with Gasteiger partial charge in [-0.05, 0) is 0 Å². The van der Waals surface area contributed by atoms with Crippen LogP contribution in [0.4, 0.5) is 0 Å². The maximum atomic E-state index is 11.5. The highest BCUT2D eigenvalue weighted by Gasteiger charge is 2.36. The van der Waals surface area contributed by atoms with E-state index in [2.05, 4.69) is 20.2 Å². The van der Waals surface area contributed by atoms with Crippen LogP contribution < -0.4 is 5.56 Å². The molecule has 18 heavy (non-hydrogen) atoms. The Bertz CT molecular complexity index is 622. The third-order valence-electron chi connectivity index (χ3n) is 3.10. The van der Waals surface area contributed by atoms with Gasteiger partial charge in [-0.1, -0.05) is 0 Å². The number of aliphatic hydroxyl groups excluding tert-OH is 2. The van der Waals surface area contributed by atoms with E-state index in [4.69, 9.17) is 9.84 Å². The molecular formula is C10H12N4O4. The molecule has 0 amide bonds. The number of hydrogen-bond acceptors (Lipinski definition) is 6. The maximum absolute atomic E-state index is 11.5. The molecule has 0 aromatic carbocycles. The summed E-state index contributed by atoms with van der Waals surface area (Å²) in [5, 5.41) is 25.3. The largest absolute Gasteiger partial charge is 0.394 e. The van der Waals surface area contributed by atoms with Crippen LogP contribution in [0.2, 0.25) is 0 Å². The highest BCUT2D eigenvalue weighted by Crippen LogP contribution is 2.33. The van der Waals surface area contributed by atoms with Crippen LogP contribution in [0.5, 0.6) is 0 Å². The molecule has 8 nitrogen and oxygen atoms in total. The van der Waals surface area contributed by atoms with E-state index in [0.29, 0.717) is 17.6 Å². The first-order chi connectivity index (χ1) is 8.70. The van der Waals surface area contributed by atoms with Crippen molar-refractivity contribution in [1.29, 1.82) is 0 Å². The molecule has 0 unspecified atom stereocenters. The standard InChI is InChI=1S/C10H12N4O4/c15-2-6-4(16)1-5(18-6)7-8-9(14-13-7)10(17)12-3-11-8/h3-6,15-16H,1-2H2,(H,13,14)(H,11,12,17)/t4-,5+,6+/m0/s1. The number of H-pyrrole nitrogens is 2. The average Bonchev–Trinajstić information content (AvgIpc) is 2.93. The minimum Gasteiger partial charge on any atom is -0.394 e. The minimum atomic E-state index is -0.736. The molecule has 1 fully saturated rings. The predicted octanol–water partition coefficient (Wildman–Crippen LogP) is -1.17. The monoisotopic (exact) mass is 252 g/mol. The van der Waals surface area contributed by atoms with E-state index in [1.54, 1.807) is 0 Å². The van der Waals surface area contributed by atoms with Gasteiger partial charge in [0.15, 0.2) is 5.52 Å². The lowest BCUT2D eigenvalue weighted by atomic mass is 10.1. The molecule has 0 aliphatic carbocycles. The van der Waals surface area contributed by atoms with Gasteiger partial charge in [0.2, 0.25) is 0 Å². The van der Waals surface area contributed by atoms with Crippen LogP contribution in [0, 0.1) is 0 Å². The Kier molecular flexibility index (Phi) is 2.62. The van der Waals surface area contributed by atoms with Gasteiger partial charge < -0.3 is 19.9 Å². The minimum absolute atomic E-state index is 0.207. The third-order valence-corrected chi connectivity index (χ3v) is 3.10. The van der Waals surface area contributed by atoms with Crippen LogP contribution in [-0.4, -0.2) is 49.2 Å². The van der Waals surface area contributed by atoms with E-state index >= 15 is 0 Å². The lowest BCUT2D eigenvalue weighted by Crippen LogP contribution is -2.24. The highest BCUT2D eigenvalue weighted by atomic mass is 16.5. The zero-order valence-electron chi connectivity index (χ0n) is 9.33. The van der Waals surface area contributed by atoms with Crippen molar-refractivity contribution in [3.8, 4) is 0 Å². The molecule has 1 aliphatic rings. The fraction of sp³-hybridized carbons (Fsp3) is 0.500. The van der Waals surface area contributed by atoms with E-state index in [-0.39, 0.29) is 17.7 Å². The Hall–Kier alpha value is -1.77. The summed E-state index contributed by atoms with van der Waals surface area (Å²) in [6.45, 7) is -0.252. The molecule has 8 heteroatoms. The summed E-state index contributed by atoms with van der Waals surface area (Å²) in [4.78, 5) is 18.0. The van der Waals surface area contributed by atoms with Crippen molar-refractivity contribution in [2.45, 2.75) is 24.7 Å². The molecule has 1 aliphatic heterocycles. The molecule has 2 aromatic rings. The Balaban J connectivity index is 2.01. The quantitative estimate of drug-likeness (QED) is 0.534. The third kappa shape index (κ3) is 1.62. The summed E-state index contributed by atoms with van der Waals surface area (Å²) in [5.74, 6) is 0. The molecule has 2 aromatic heterocycles. The summed E-state index contributed by atoms with van der Waals surface area (Å²) in [6, 6.07) is 0. The average molecular weight is 252 g/mol. The number of hydrogen-bond donors (Lipinski definition) is 4. The number of fused-ring (bicyclic) bond motifs is 1. The van der Waals surface area contributed by atoms with Gasteiger partial charge in [-0.3, -0.25) is 9.89 Å². The maximum Gasteiger partial charge on any atom is 0.279 e. The highest BCUT2D eigenvalue weighted by molar-refractivity contribution is 5.75. The fourth-order valence-electron chi connectivity index (χ4n) is 2.17. The first-order valence-corrected chi connectivity index (χ1v) is 5.56. The lowest BCUT2D eigenvalue weighted by Gasteiger charge is -2.10. The summed E-state index contributed by atoms with van der Waals surface area (Å²) < 4.78 is 5.49. The summed E-state index contributed by atoms with van der Waals surface area (Å²) >= 11 is 0. The molecule has 1 saturated heterocycles. The summed E-state index contributed by atoms with van der Waals surface area (Å²) in [5.41, 5.74) is 0.846. The SMILES string of the molecule is O=c1[nH]cnc2c([C@H]3C[C@H](O)[C@@H](CO)O3)[nH]nc12. The molecule has 0 spiro atoms. The van der Waals surface area contributed by atoms with Gasteiger partial charge in [-0.15, -0.1) is 0 Å². The van der Waals surface area contributed by atoms with E-state index in [1.807, 2.05) is 0 Å². The molecule has 0 radical (unpaired) electrons. The Morgan fingerprint density at radius 3 is 3.06 bits per heavy atom. The van der Waals surface area contributed by atoms with Gasteiger partial charge >= 0.3 is 0 Å². The van der Waals surface area contributed by atoms with Crippen molar-refractivity contribution in [2.24, 2.45) is 0 Å². The summed E-state index contributed by atoms with van der Waals surface area (Å²) in [6.07, 6.45) is -0.178. The van der Waals surface area contributed by atoms with Crippen LogP contribution >= 0.6 is 0 Å². The van der Waals surface area contributed by atoms with E-state index in [9.17, 15) is 9.90 Å². The van der Waals surface area contributed by atoms with Crippen molar-refractivity contribution in [3.63, 3.8) is 0 Å². The van der Waals surface area contributed by atoms with Crippen LogP contribution in [0.3, 0.4) is 0 Å². The van der Waals surface area contributed by atoms with Gasteiger partial charge in [0.05, 0.1) is 24.7 Å². The number of nitrogens with zero attached hydrogens (tertiary/aromatic N) is 2. The van der Waals surface area contributed by atoms with Crippen molar-refractivity contribution >= 4 is 11.0 Å². The zero-order valence-corrected chi connectivity index (χ0v) is 9.33. The van der Waals surface area contributed by atoms with Crippen molar-refractivity contribution in [2.75, 3.05) is 6.61 Å². The Morgan fingerprint density at radius 1 is 1.50 bits per heavy atom. The normalized spacial score (nSPS) is 28.0. The van der Waals surface area contributed by atoms with Crippen molar-refractivity contribution < 1.29 is 14.9 Å². The smallest absolute Gasteiger partial charge is 0.279 e. The Labute approximate surface area is 101 Å². The number of aromatic amines is 2. The van der Waals surface area contributed by atoms with Crippen molar-refractivity contribution in [1.82, 2.24) is 20.2 Å². The first-order valence-electron chi connectivity index (χ1n) is 5.56. The van der Waals surface area contributed by atoms with Gasteiger partial charge in [0.25, 0.3) is 5.56 Å². The van der Waals surface area contributed by atoms with E-state index in [0.717, 1.165) is 0 Å². The number of nitrogens with one attached hydrogen (secondary N) is 2. The van der Waals surface area contributed by atoms with Crippen LogP contribution in [0.1, 0.15) is 18.2 Å². The second kappa shape index (κ2) is 4.16.